The van der Waals surface area contributed by atoms with E-state index in [-0.39, 0.29) is 11.8 Å². The molecule has 0 saturated carbocycles. The molecule has 148 valence electrons. The molecule has 0 heterocycles. The van der Waals surface area contributed by atoms with Crippen LogP contribution in [0, 0.1) is 0 Å². The second-order valence-electron chi connectivity index (χ2n) is 6.68. The van der Waals surface area contributed by atoms with Gasteiger partial charge in [-0.2, -0.15) is 0 Å². The number of carbonyl (C=O) groups is 2. The van der Waals surface area contributed by atoms with Crippen LogP contribution in [0.4, 0.5) is 5.69 Å². The lowest BCUT2D eigenvalue weighted by molar-refractivity contribution is -0.119. The second kappa shape index (κ2) is 9.55. The highest BCUT2D eigenvalue weighted by atomic mass is 16.5. The van der Waals surface area contributed by atoms with Crippen molar-refractivity contribution < 1.29 is 14.3 Å². The number of methoxy groups -OCH3 is 1. The van der Waals surface area contributed by atoms with Crippen molar-refractivity contribution in [2.75, 3.05) is 12.0 Å². The van der Waals surface area contributed by atoms with Crippen molar-refractivity contribution in [3.8, 4) is 5.75 Å². The van der Waals surface area contributed by atoms with Gasteiger partial charge >= 0.3 is 0 Å². The third-order valence-corrected chi connectivity index (χ3v) is 4.56. The summed E-state index contributed by atoms with van der Waals surface area (Å²) in [6.07, 6.45) is 0. The Hall–Kier alpha value is -3.60. The molecule has 0 aliphatic heterocycles. The normalized spacial score (nSPS) is 10.3. The fraction of sp³-hybridized carbons (Fsp3) is 0.167. The smallest absolute Gasteiger partial charge is 0.258 e. The lowest BCUT2D eigenvalue weighted by Gasteiger charge is -2.23. The Balaban J connectivity index is 1.85. The van der Waals surface area contributed by atoms with E-state index in [2.05, 4.69) is 5.32 Å². The third-order valence-electron chi connectivity index (χ3n) is 4.56. The molecule has 5 nitrogen and oxygen atoms in total. The van der Waals surface area contributed by atoms with Gasteiger partial charge in [-0.05, 0) is 47.5 Å². The minimum atomic E-state index is -0.0925. The second-order valence-corrected chi connectivity index (χ2v) is 6.68. The van der Waals surface area contributed by atoms with Crippen LogP contribution < -0.4 is 15.0 Å². The van der Waals surface area contributed by atoms with Gasteiger partial charge in [0.2, 0.25) is 5.91 Å². The van der Waals surface area contributed by atoms with Gasteiger partial charge in [0.05, 0.1) is 13.7 Å². The van der Waals surface area contributed by atoms with Gasteiger partial charge in [0.25, 0.3) is 5.91 Å². The zero-order chi connectivity index (χ0) is 20.6. The molecule has 0 atom stereocenters. The molecule has 0 saturated heterocycles. The molecule has 0 aromatic heterocycles. The lowest BCUT2D eigenvalue weighted by Crippen LogP contribution is -2.30. The summed E-state index contributed by atoms with van der Waals surface area (Å²) in [6, 6.07) is 24.6. The molecule has 3 rings (SSSR count). The van der Waals surface area contributed by atoms with Crippen LogP contribution in [0.15, 0.2) is 78.9 Å². The number of ether oxygens (including phenoxy) is 1. The maximum atomic E-state index is 13.3. The van der Waals surface area contributed by atoms with E-state index in [9.17, 15) is 9.59 Å². The van der Waals surface area contributed by atoms with E-state index in [0.717, 1.165) is 22.6 Å². The van der Waals surface area contributed by atoms with Crippen LogP contribution in [-0.2, 0) is 17.9 Å². The highest BCUT2D eigenvalue weighted by molar-refractivity contribution is 6.06. The summed E-state index contributed by atoms with van der Waals surface area (Å²) in [5.74, 6) is 0.562. The zero-order valence-corrected chi connectivity index (χ0v) is 16.6. The quantitative estimate of drug-likeness (QED) is 0.661. The number of nitrogens with one attached hydrogen (secondary N) is 1. The van der Waals surface area contributed by atoms with Gasteiger partial charge in [0.15, 0.2) is 0 Å². The minimum Gasteiger partial charge on any atom is -0.497 e. The highest BCUT2D eigenvalue weighted by Crippen LogP contribution is 2.23. The lowest BCUT2D eigenvalue weighted by atomic mass is 10.1. The number of hydrogen-bond acceptors (Lipinski definition) is 3. The van der Waals surface area contributed by atoms with E-state index in [1.807, 2.05) is 66.7 Å². The number of benzene rings is 3. The predicted molar refractivity (Wildman–Crippen MR) is 114 cm³/mol. The molecular weight excluding hydrogens is 364 g/mol. The topological polar surface area (TPSA) is 58.6 Å². The van der Waals surface area contributed by atoms with Crippen molar-refractivity contribution >= 4 is 17.5 Å². The number of hydrogen-bond donors (Lipinski definition) is 1. The molecule has 0 unspecified atom stereocenters. The first-order valence-corrected chi connectivity index (χ1v) is 9.40. The van der Waals surface area contributed by atoms with Gasteiger partial charge < -0.3 is 15.0 Å². The van der Waals surface area contributed by atoms with E-state index in [0.29, 0.717) is 18.7 Å². The molecule has 2 amide bonds. The van der Waals surface area contributed by atoms with Crippen LogP contribution >= 0.6 is 0 Å². The van der Waals surface area contributed by atoms with E-state index in [4.69, 9.17) is 4.74 Å². The molecule has 0 spiro atoms. The van der Waals surface area contributed by atoms with Gasteiger partial charge in [-0.3, -0.25) is 9.59 Å². The average molecular weight is 388 g/mol. The standard InChI is InChI=1S/C24H24N2O3/c1-18(27)25-16-19-8-10-21(11-9-19)24(28)26(17-20-6-4-3-5-7-20)22-12-14-23(29-2)15-13-22/h3-15H,16-17H2,1-2H3,(H,25,27). The van der Waals surface area contributed by atoms with Gasteiger partial charge in [-0.25, -0.2) is 0 Å². The Morgan fingerprint density at radius 3 is 2.10 bits per heavy atom. The van der Waals surface area contributed by atoms with Crippen LogP contribution in [0.5, 0.6) is 5.75 Å². The first-order valence-electron chi connectivity index (χ1n) is 9.40. The molecule has 0 fully saturated rings. The first kappa shape index (κ1) is 20.1. The van der Waals surface area contributed by atoms with E-state index in [1.165, 1.54) is 6.92 Å². The van der Waals surface area contributed by atoms with Crippen LogP contribution in [0.3, 0.4) is 0 Å². The van der Waals surface area contributed by atoms with E-state index in [1.54, 1.807) is 24.1 Å². The van der Waals surface area contributed by atoms with Crippen LogP contribution in [0.25, 0.3) is 0 Å². The first-order chi connectivity index (χ1) is 14.1. The molecule has 1 N–H and O–H groups in total. The molecule has 0 bridgehead atoms. The maximum absolute atomic E-state index is 13.3. The third kappa shape index (κ3) is 5.45. The molecule has 0 radical (unpaired) electrons. The van der Waals surface area contributed by atoms with Crippen molar-refractivity contribution in [3.05, 3.63) is 95.6 Å². The maximum Gasteiger partial charge on any atom is 0.258 e. The summed E-state index contributed by atoms with van der Waals surface area (Å²) in [5, 5.41) is 2.76. The van der Waals surface area contributed by atoms with Crippen LogP contribution in [-0.4, -0.2) is 18.9 Å². The van der Waals surface area contributed by atoms with Crippen molar-refractivity contribution in [3.63, 3.8) is 0 Å². The number of amides is 2. The van der Waals surface area contributed by atoms with Crippen molar-refractivity contribution in [1.82, 2.24) is 5.32 Å². The molecule has 29 heavy (non-hydrogen) atoms. The van der Waals surface area contributed by atoms with Gasteiger partial charge in [0, 0.05) is 24.7 Å². The molecule has 3 aromatic carbocycles. The summed E-state index contributed by atoms with van der Waals surface area (Å²) in [6.45, 7) is 2.38. The molecule has 0 aliphatic rings. The Bertz CT molecular complexity index is 952. The molecule has 0 aliphatic carbocycles. The summed E-state index contributed by atoms with van der Waals surface area (Å²) >= 11 is 0. The molecular formula is C24H24N2O3. The van der Waals surface area contributed by atoms with E-state index >= 15 is 0 Å². The minimum absolute atomic E-state index is 0.0845. The number of nitrogens with zero attached hydrogens (tertiary/aromatic N) is 1. The Labute approximate surface area is 170 Å². The van der Waals surface area contributed by atoms with Gasteiger partial charge in [-0.1, -0.05) is 42.5 Å². The molecule has 5 heteroatoms. The SMILES string of the molecule is COc1ccc(N(Cc2ccccc2)C(=O)c2ccc(CNC(C)=O)cc2)cc1. The average Bonchev–Trinajstić information content (AvgIpc) is 2.77. The summed E-state index contributed by atoms with van der Waals surface area (Å²) < 4.78 is 5.23. The monoisotopic (exact) mass is 388 g/mol. The van der Waals surface area contributed by atoms with Crippen molar-refractivity contribution in [1.29, 1.82) is 0 Å². The fourth-order valence-corrected chi connectivity index (χ4v) is 2.96. The summed E-state index contributed by atoms with van der Waals surface area (Å²) in [5.41, 5.74) is 3.36. The summed E-state index contributed by atoms with van der Waals surface area (Å²) in [7, 11) is 1.62. The Morgan fingerprint density at radius 1 is 0.862 bits per heavy atom. The van der Waals surface area contributed by atoms with Crippen molar-refractivity contribution in [2.45, 2.75) is 20.0 Å². The number of rotatable bonds is 7. The largest absolute Gasteiger partial charge is 0.497 e. The van der Waals surface area contributed by atoms with Crippen LogP contribution in [0.1, 0.15) is 28.4 Å². The predicted octanol–water partition coefficient (Wildman–Crippen LogP) is 4.18. The summed E-state index contributed by atoms with van der Waals surface area (Å²) in [4.78, 5) is 26.1. The highest BCUT2D eigenvalue weighted by Gasteiger charge is 2.18. The van der Waals surface area contributed by atoms with Gasteiger partial charge in [0.1, 0.15) is 5.75 Å². The Morgan fingerprint density at radius 2 is 1.52 bits per heavy atom. The fourth-order valence-electron chi connectivity index (χ4n) is 2.96. The zero-order valence-electron chi connectivity index (χ0n) is 16.6. The number of carbonyl (C=O) groups excluding carboxylic acids is 2. The van der Waals surface area contributed by atoms with E-state index < -0.39 is 0 Å². The van der Waals surface area contributed by atoms with Gasteiger partial charge in [-0.15, -0.1) is 0 Å². The Kier molecular flexibility index (Phi) is 6.63. The van der Waals surface area contributed by atoms with Crippen molar-refractivity contribution in [2.24, 2.45) is 0 Å². The number of anilines is 1. The molecule has 3 aromatic rings. The van der Waals surface area contributed by atoms with Crippen LogP contribution in [0.2, 0.25) is 0 Å².